The van der Waals surface area contributed by atoms with Crippen molar-refractivity contribution >= 4 is 11.8 Å². The molecule has 1 saturated heterocycles. The van der Waals surface area contributed by atoms with Crippen LogP contribution in [0.1, 0.15) is 51.9 Å². The van der Waals surface area contributed by atoms with Crippen LogP contribution in [-0.4, -0.2) is 48.9 Å². The number of hydrogen-bond acceptors (Lipinski definition) is 3. The molecular weight excluding hydrogens is 266 g/mol. The van der Waals surface area contributed by atoms with Crippen LogP contribution in [0.4, 0.5) is 0 Å². The maximum atomic E-state index is 12.8. The maximum Gasteiger partial charge on any atom is 0.245 e. The first-order valence-electron chi connectivity index (χ1n) is 8.40. The second-order valence-corrected chi connectivity index (χ2v) is 6.43. The molecule has 0 bridgehead atoms. The fraction of sp³-hybridized carbons (Fsp3) is 0.875. The molecule has 0 radical (unpaired) electrons. The molecule has 2 aliphatic rings. The normalized spacial score (nSPS) is 22.9. The first kappa shape index (κ1) is 16.3. The van der Waals surface area contributed by atoms with Crippen LogP contribution in [0.3, 0.4) is 0 Å². The molecule has 2 N–H and O–H groups in total. The molecule has 5 heteroatoms. The Morgan fingerprint density at radius 1 is 1.05 bits per heavy atom. The summed E-state index contributed by atoms with van der Waals surface area (Å²) in [6.45, 7) is 3.52. The quantitative estimate of drug-likeness (QED) is 0.803. The van der Waals surface area contributed by atoms with Crippen LogP contribution in [0.2, 0.25) is 0 Å². The summed E-state index contributed by atoms with van der Waals surface area (Å²) in [6.07, 6.45) is 7.88. The van der Waals surface area contributed by atoms with Crippen LogP contribution in [-0.2, 0) is 9.59 Å². The molecule has 0 aromatic carbocycles. The predicted molar refractivity (Wildman–Crippen MR) is 82.8 cm³/mol. The monoisotopic (exact) mass is 295 g/mol. The minimum atomic E-state index is -0.327. The van der Waals surface area contributed by atoms with Crippen LogP contribution in [0.15, 0.2) is 0 Å². The van der Waals surface area contributed by atoms with Gasteiger partial charge < -0.3 is 15.5 Å². The van der Waals surface area contributed by atoms with Gasteiger partial charge in [-0.1, -0.05) is 19.3 Å². The van der Waals surface area contributed by atoms with Crippen LogP contribution in [0, 0.1) is 5.92 Å². The third kappa shape index (κ3) is 4.19. The zero-order valence-electron chi connectivity index (χ0n) is 13.4. The largest absolute Gasteiger partial charge is 0.343 e. The lowest BCUT2D eigenvalue weighted by Crippen LogP contribution is -2.55. The van der Waals surface area contributed by atoms with Crippen molar-refractivity contribution in [1.82, 2.24) is 15.5 Å². The smallest absolute Gasteiger partial charge is 0.245 e. The molecular formula is C16H29N3O2. The van der Waals surface area contributed by atoms with Crippen molar-refractivity contribution in [2.45, 2.75) is 64.0 Å². The summed E-state index contributed by atoms with van der Waals surface area (Å²) in [5, 5.41) is 5.97. The van der Waals surface area contributed by atoms with E-state index in [9.17, 15) is 9.59 Å². The van der Waals surface area contributed by atoms with Gasteiger partial charge in [0.2, 0.25) is 11.8 Å². The molecule has 0 aromatic heterocycles. The zero-order valence-corrected chi connectivity index (χ0v) is 13.4. The molecule has 2 fully saturated rings. The van der Waals surface area contributed by atoms with Crippen LogP contribution < -0.4 is 10.6 Å². The van der Waals surface area contributed by atoms with Crippen molar-refractivity contribution in [3.63, 3.8) is 0 Å². The maximum absolute atomic E-state index is 12.8. The van der Waals surface area contributed by atoms with Gasteiger partial charge in [-0.25, -0.2) is 0 Å². The van der Waals surface area contributed by atoms with Crippen molar-refractivity contribution < 1.29 is 9.59 Å². The molecule has 2 amide bonds. The molecule has 0 spiro atoms. The van der Waals surface area contributed by atoms with Crippen molar-refractivity contribution in [2.75, 3.05) is 20.1 Å². The summed E-state index contributed by atoms with van der Waals surface area (Å²) in [5.74, 6) is 0.372. The lowest BCUT2D eigenvalue weighted by Gasteiger charge is -2.33. The molecule has 21 heavy (non-hydrogen) atoms. The SMILES string of the molecule is CN[C@@H](C)C(=O)NC(C(=O)N1CCCC1)C1CCCCC1. The van der Waals surface area contributed by atoms with Crippen molar-refractivity contribution in [3.05, 3.63) is 0 Å². The Morgan fingerprint density at radius 2 is 1.67 bits per heavy atom. The van der Waals surface area contributed by atoms with Gasteiger partial charge in [-0.2, -0.15) is 0 Å². The number of carbonyl (C=O) groups is 2. The predicted octanol–water partition coefficient (Wildman–Crippen LogP) is 1.28. The first-order valence-corrected chi connectivity index (χ1v) is 8.40. The fourth-order valence-electron chi connectivity index (χ4n) is 3.39. The van der Waals surface area contributed by atoms with E-state index in [1.54, 1.807) is 7.05 Å². The lowest BCUT2D eigenvalue weighted by atomic mass is 9.83. The van der Waals surface area contributed by atoms with Gasteiger partial charge in [-0.05, 0) is 45.6 Å². The van der Waals surface area contributed by atoms with E-state index in [0.717, 1.165) is 38.8 Å². The first-order chi connectivity index (χ1) is 10.1. The van der Waals surface area contributed by atoms with Gasteiger partial charge in [-0.3, -0.25) is 9.59 Å². The highest BCUT2D eigenvalue weighted by Gasteiger charge is 2.35. The van der Waals surface area contributed by atoms with Crippen molar-refractivity contribution in [3.8, 4) is 0 Å². The highest BCUT2D eigenvalue weighted by Crippen LogP contribution is 2.28. The van der Waals surface area contributed by atoms with Crippen LogP contribution in [0.5, 0.6) is 0 Å². The fourth-order valence-corrected chi connectivity index (χ4v) is 3.39. The Hall–Kier alpha value is -1.10. The highest BCUT2D eigenvalue weighted by molar-refractivity contribution is 5.90. The molecule has 1 aliphatic carbocycles. The van der Waals surface area contributed by atoms with Crippen LogP contribution >= 0.6 is 0 Å². The van der Waals surface area contributed by atoms with E-state index in [1.165, 1.54) is 19.3 Å². The number of carbonyl (C=O) groups excluding carboxylic acids is 2. The van der Waals surface area contributed by atoms with Gasteiger partial charge in [0.25, 0.3) is 0 Å². The standard InChI is InChI=1S/C16H29N3O2/c1-12(17-2)15(20)18-14(13-8-4-3-5-9-13)16(21)19-10-6-7-11-19/h12-14,17H,3-11H2,1-2H3,(H,18,20)/t12-,14?/m0/s1. The number of hydrogen-bond donors (Lipinski definition) is 2. The summed E-state index contributed by atoms with van der Waals surface area (Å²) in [4.78, 5) is 26.9. The number of amides is 2. The number of likely N-dealkylation sites (tertiary alicyclic amines) is 1. The summed E-state index contributed by atoms with van der Waals surface area (Å²) in [7, 11) is 1.77. The number of rotatable bonds is 5. The number of nitrogens with one attached hydrogen (secondary N) is 2. The lowest BCUT2D eigenvalue weighted by molar-refractivity contribution is -0.137. The van der Waals surface area contributed by atoms with Crippen LogP contribution in [0.25, 0.3) is 0 Å². The van der Waals surface area contributed by atoms with E-state index in [2.05, 4.69) is 10.6 Å². The molecule has 2 atom stereocenters. The third-order valence-electron chi connectivity index (χ3n) is 4.93. The molecule has 1 saturated carbocycles. The average molecular weight is 295 g/mol. The molecule has 0 aromatic rings. The second-order valence-electron chi connectivity index (χ2n) is 6.43. The molecule has 1 heterocycles. The Kier molecular flexibility index (Phi) is 6.03. The minimum Gasteiger partial charge on any atom is -0.343 e. The van der Waals surface area contributed by atoms with Gasteiger partial charge in [0, 0.05) is 13.1 Å². The second kappa shape index (κ2) is 7.78. The highest BCUT2D eigenvalue weighted by atomic mass is 16.2. The molecule has 1 unspecified atom stereocenters. The van der Waals surface area contributed by atoms with Gasteiger partial charge >= 0.3 is 0 Å². The zero-order chi connectivity index (χ0) is 15.2. The third-order valence-corrected chi connectivity index (χ3v) is 4.93. The average Bonchev–Trinajstić information content (AvgIpc) is 3.06. The van der Waals surface area contributed by atoms with Crippen molar-refractivity contribution in [2.24, 2.45) is 5.92 Å². The summed E-state index contributed by atoms with van der Waals surface area (Å²) in [6, 6.07) is -0.589. The summed E-state index contributed by atoms with van der Waals surface area (Å²) < 4.78 is 0. The van der Waals surface area contributed by atoms with Gasteiger partial charge in [0.05, 0.1) is 6.04 Å². The summed E-state index contributed by atoms with van der Waals surface area (Å²) in [5.41, 5.74) is 0. The van der Waals surface area contributed by atoms with E-state index in [1.807, 2.05) is 11.8 Å². The van der Waals surface area contributed by atoms with E-state index in [0.29, 0.717) is 5.92 Å². The molecule has 5 nitrogen and oxygen atoms in total. The van der Waals surface area contributed by atoms with E-state index >= 15 is 0 Å². The molecule has 120 valence electrons. The Balaban J connectivity index is 2.05. The number of nitrogens with zero attached hydrogens (tertiary/aromatic N) is 1. The molecule has 1 aliphatic heterocycles. The van der Waals surface area contributed by atoms with Gasteiger partial charge in [0.15, 0.2) is 0 Å². The molecule has 2 rings (SSSR count). The van der Waals surface area contributed by atoms with Gasteiger partial charge in [-0.15, -0.1) is 0 Å². The number of likely N-dealkylation sites (N-methyl/N-ethyl adjacent to an activating group) is 1. The minimum absolute atomic E-state index is 0.0689. The summed E-state index contributed by atoms with van der Waals surface area (Å²) >= 11 is 0. The Bertz CT molecular complexity index is 361. The van der Waals surface area contributed by atoms with E-state index in [-0.39, 0.29) is 23.9 Å². The Labute approximate surface area is 127 Å². The topological polar surface area (TPSA) is 61.4 Å². The van der Waals surface area contributed by atoms with Crippen molar-refractivity contribution in [1.29, 1.82) is 0 Å². The Morgan fingerprint density at radius 3 is 2.24 bits per heavy atom. The van der Waals surface area contributed by atoms with E-state index in [4.69, 9.17) is 0 Å². The van der Waals surface area contributed by atoms with E-state index < -0.39 is 0 Å². The van der Waals surface area contributed by atoms with Gasteiger partial charge in [0.1, 0.15) is 6.04 Å².